The molecule has 0 bridgehead atoms. The molecule has 0 atom stereocenters. The van der Waals surface area contributed by atoms with E-state index >= 15 is 0 Å². The molecule has 0 unspecified atom stereocenters. The number of amides is 1. The van der Waals surface area contributed by atoms with Crippen molar-refractivity contribution < 1.29 is 9.72 Å². The second kappa shape index (κ2) is 5.79. The molecule has 0 aliphatic rings. The van der Waals surface area contributed by atoms with Crippen LogP contribution in [0.25, 0.3) is 0 Å². The Morgan fingerprint density at radius 2 is 2.25 bits per heavy atom. The molecule has 1 heterocycles. The molecule has 0 saturated heterocycles. The Hall–Kier alpha value is -2.28. The van der Waals surface area contributed by atoms with Crippen LogP contribution in [-0.4, -0.2) is 15.8 Å². The molecule has 1 aromatic heterocycles. The highest BCUT2D eigenvalue weighted by Gasteiger charge is 2.16. The number of thiazole rings is 1. The Morgan fingerprint density at radius 1 is 1.50 bits per heavy atom. The van der Waals surface area contributed by atoms with Crippen molar-refractivity contribution in [2.24, 2.45) is 0 Å². The lowest BCUT2D eigenvalue weighted by molar-refractivity contribution is -0.385. The van der Waals surface area contributed by atoms with Crippen molar-refractivity contribution >= 4 is 28.6 Å². The first kappa shape index (κ1) is 14.1. The van der Waals surface area contributed by atoms with E-state index in [1.54, 1.807) is 24.6 Å². The van der Waals surface area contributed by atoms with E-state index in [2.05, 4.69) is 10.3 Å². The van der Waals surface area contributed by atoms with Gasteiger partial charge in [0.15, 0.2) is 0 Å². The average molecular weight is 291 g/mol. The topological polar surface area (TPSA) is 85.1 Å². The van der Waals surface area contributed by atoms with Gasteiger partial charge in [-0.25, -0.2) is 4.98 Å². The van der Waals surface area contributed by atoms with Crippen molar-refractivity contribution in [3.8, 4) is 0 Å². The monoisotopic (exact) mass is 291 g/mol. The molecule has 1 amide bonds. The standard InChI is InChI=1S/C13H13N3O3S/c1-3-9-4-5-10(6-11(9)16(18)19)15-13(17)12-8(2)14-7-20-12/h4-7H,3H2,1-2H3,(H,15,17). The number of anilines is 1. The van der Waals surface area contributed by atoms with Gasteiger partial charge in [-0.2, -0.15) is 0 Å². The fourth-order valence-electron chi connectivity index (χ4n) is 1.82. The highest BCUT2D eigenvalue weighted by Crippen LogP contribution is 2.24. The van der Waals surface area contributed by atoms with Crippen LogP contribution < -0.4 is 5.32 Å². The zero-order chi connectivity index (χ0) is 14.7. The summed E-state index contributed by atoms with van der Waals surface area (Å²) in [5, 5.41) is 13.6. The SMILES string of the molecule is CCc1ccc(NC(=O)c2scnc2C)cc1[N+](=O)[O-]. The molecule has 7 heteroatoms. The molecule has 6 nitrogen and oxygen atoms in total. The van der Waals surface area contributed by atoms with Crippen LogP contribution in [0.4, 0.5) is 11.4 Å². The molecule has 0 aliphatic heterocycles. The molecule has 1 aromatic carbocycles. The summed E-state index contributed by atoms with van der Waals surface area (Å²) in [4.78, 5) is 27.1. The number of rotatable bonds is 4. The van der Waals surface area contributed by atoms with Crippen LogP contribution in [-0.2, 0) is 6.42 Å². The highest BCUT2D eigenvalue weighted by molar-refractivity contribution is 7.12. The van der Waals surface area contributed by atoms with E-state index in [0.29, 0.717) is 28.2 Å². The lowest BCUT2D eigenvalue weighted by atomic mass is 10.1. The molecule has 104 valence electrons. The van der Waals surface area contributed by atoms with Crippen LogP contribution in [0.3, 0.4) is 0 Å². The zero-order valence-electron chi connectivity index (χ0n) is 11.0. The maximum Gasteiger partial charge on any atom is 0.274 e. The van der Waals surface area contributed by atoms with Gasteiger partial charge in [0.1, 0.15) is 4.88 Å². The molecule has 2 rings (SSSR count). The van der Waals surface area contributed by atoms with Gasteiger partial charge in [-0.3, -0.25) is 14.9 Å². The largest absolute Gasteiger partial charge is 0.321 e. The van der Waals surface area contributed by atoms with Gasteiger partial charge in [-0.15, -0.1) is 11.3 Å². The van der Waals surface area contributed by atoms with E-state index in [4.69, 9.17) is 0 Å². The summed E-state index contributed by atoms with van der Waals surface area (Å²) in [5.74, 6) is -0.302. The second-order valence-electron chi connectivity index (χ2n) is 4.18. The van der Waals surface area contributed by atoms with Gasteiger partial charge in [0.05, 0.1) is 16.1 Å². The van der Waals surface area contributed by atoms with E-state index in [1.165, 1.54) is 17.4 Å². The number of aromatic nitrogens is 1. The molecular formula is C13H13N3O3S. The normalized spacial score (nSPS) is 10.3. The summed E-state index contributed by atoms with van der Waals surface area (Å²) < 4.78 is 0. The van der Waals surface area contributed by atoms with Gasteiger partial charge < -0.3 is 5.32 Å². The summed E-state index contributed by atoms with van der Waals surface area (Å²) in [6.07, 6.45) is 0.568. The third kappa shape index (κ3) is 2.83. The van der Waals surface area contributed by atoms with Crippen LogP contribution in [0.15, 0.2) is 23.7 Å². The van der Waals surface area contributed by atoms with Gasteiger partial charge in [-0.1, -0.05) is 13.0 Å². The van der Waals surface area contributed by atoms with Crippen molar-refractivity contribution in [1.82, 2.24) is 4.98 Å². The number of aryl methyl sites for hydroxylation is 2. The Bertz CT molecular complexity index is 667. The van der Waals surface area contributed by atoms with Gasteiger partial charge in [-0.05, 0) is 19.4 Å². The molecule has 0 saturated carbocycles. The molecule has 2 aromatic rings. The lowest BCUT2D eigenvalue weighted by Gasteiger charge is -2.06. The molecule has 20 heavy (non-hydrogen) atoms. The highest BCUT2D eigenvalue weighted by atomic mass is 32.1. The first-order chi connectivity index (χ1) is 9.52. The average Bonchev–Trinajstić information content (AvgIpc) is 2.85. The number of hydrogen-bond acceptors (Lipinski definition) is 5. The van der Waals surface area contributed by atoms with Crippen LogP contribution in [0.1, 0.15) is 27.9 Å². The van der Waals surface area contributed by atoms with Crippen LogP contribution >= 0.6 is 11.3 Å². The Labute approximate surface area is 119 Å². The van der Waals surface area contributed by atoms with Crippen molar-refractivity contribution in [2.45, 2.75) is 20.3 Å². The molecule has 0 spiro atoms. The Kier molecular flexibility index (Phi) is 4.09. The van der Waals surface area contributed by atoms with Crippen LogP contribution in [0.2, 0.25) is 0 Å². The van der Waals surface area contributed by atoms with Gasteiger partial charge in [0.2, 0.25) is 0 Å². The lowest BCUT2D eigenvalue weighted by Crippen LogP contribution is -2.12. The number of nitro groups is 1. The zero-order valence-corrected chi connectivity index (χ0v) is 11.9. The number of carbonyl (C=O) groups excluding carboxylic acids is 1. The van der Waals surface area contributed by atoms with Gasteiger partial charge in [0, 0.05) is 17.3 Å². The smallest absolute Gasteiger partial charge is 0.274 e. The van der Waals surface area contributed by atoms with E-state index < -0.39 is 4.92 Å². The van der Waals surface area contributed by atoms with Crippen molar-refractivity contribution in [3.63, 3.8) is 0 Å². The predicted molar refractivity (Wildman–Crippen MR) is 77.3 cm³/mol. The second-order valence-corrected chi connectivity index (χ2v) is 5.03. The molecule has 0 radical (unpaired) electrons. The summed E-state index contributed by atoms with van der Waals surface area (Å²) in [5.41, 5.74) is 3.31. The minimum atomic E-state index is -0.438. The van der Waals surface area contributed by atoms with Crippen molar-refractivity contribution in [1.29, 1.82) is 0 Å². The summed E-state index contributed by atoms with van der Waals surface area (Å²) in [6.45, 7) is 3.59. The fraction of sp³-hybridized carbons (Fsp3) is 0.231. The van der Waals surface area contributed by atoms with E-state index in [9.17, 15) is 14.9 Å². The first-order valence-corrected chi connectivity index (χ1v) is 6.89. The molecular weight excluding hydrogens is 278 g/mol. The summed E-state index contributed by atoms with van der Waals surface area (Å²) in [6, 6.07) is 4.71. The quantitative estimate of drug-likeness (QED) is 0.692. The van der Waals surface area contributed by atoms with Gasteiger partial charge >= 0.3 is 0 Å². The van der Waals surface area contributed by atoms with Crippen LogP contribution in [0.5, 0.6) is 0 Å². The number of benzene rings is 1. The maximum atomic E-state index is 12.0. The fourth-order valence-corrected chi connectivity index (χ4v) is 2.52. The molecule has 1 N–H and O–H groups in total. The van der Waals surface area contributed by atoms with Crippen molar-refractivity contribution in [2.75, 3.05) is 5.32 Å². The maximum absolute atomic E-state index is 12.0. The molecule has 0 fully saturated rings. The summed E-state index contributed by atoms with van der Waals surface area (Å²) in [7, 11) is 0. The van der Waals surface area contributed by atoms with E-state index in [0.717, 1.165) is 0 Å². The number of carbonyl (C=O) groups is 1. The number of hydrogen-bond donors (Lipinski definition) is 1. The minimum Gasteiger partial charge on any atom is -0.321 e. The Balaban J connectivity index is 2.26. The van der Waals surface area contributed by atoms with Crippen LogP contribution in [0, 0.1) is 17.0 Å². The number of nitro benzene ring substituents is 1. The van der Waals surface area contributed by atoms with E-state index in [-0.39, 0.29) is 11.6 Å². The first-order valence-electron chi connectivity index (χ1n) is 6.01. The summed E-state index contributed by atoms with van der Waals surface area (Å²) >= 11 is 1.24. The predicted octanol–water partition coefficient (Wildman–Crippen LogP) is 3.17. The number of nitrogens with zero attached hydrogens (tertiary/aromatic N) is 2. The third-order valence-electron chi connectivity index (χ3n) is 2.87. The third-order valence-corrected chi connectivity index (χ3v) is 3.80. The minimum absolute atomic E-state index is 0.0197. The van der Waals surface area contributed by atoms with Gasteiger partial charge in [0.25, 0.3) is 11.6 Å². The van der Waals surface area contributed by atoms with Crippen molar-refractivity contribution in [3.05, 3.63) is 50.0 Å². The van der Waals surface area contributed by atoms with E-state index in [1.807, 2.05) is 6.92 Å². The number of nitrogens with one attached hydrogen (secondary N) is 1. The molecule has 0 aliphatic carbocycles. The Morgan fingerprint density at radius 3 is 2.80 bits per heavy atom.